The molecule has 0 radical (unpaired) electrons. The van der Waals surface area contributed by atoms with E-state index in [1.54, 1.807) is 18.9 Å². The molecule has 2 rings (SSSR count). The van der Waals surface area contributed by atoms with Crippen LogP contribution >= 0.6 is 11.8 Å². The molecule has 1 heterocycles. The summed E-state index contributed by atoms with van der Waals surface area (Å²) < 4.78 is 5.31. The number of amides is 1. The summed E-state index contributed by atoms with van der Waals surface area (Å²) in [5.41, 5.74) is 3.13. The minimum absolute atomic E-state index is 0.182. The normalized spacial score (nSPS) is 19.2. The second-order valence-corrected chi connectivity index (χ2v) is 4.79. The number of hydrazine groups is 1. The number of nitrogens with one attached hydrogen (secondary N) is 1. The van der Waals surface area contributed by atoms with Crippen LogP contribution in [0.15, 0.2) is 24.3 Å². The van der Waals surface area contributed by atoms with Crippen molar-refractivity contribution >= 4 is 23.4 Å². The molecule has 1 aliphatic heterocycles. The maximum absolute atomic E-state index is 11.7. The van der Waals surface area contributed by atoms with Crippen molar-refractivity contribution in [2.45, 2.75) is 5.37 Å². The van der Waals surface area contributed by atoms with E-state index in [1.165, 1.54) is 0 Å². The van der Waals surface area contributed by atoms with Crippen LogP contribution in [0.25, 0.3) is 0 Å². The van der Waals surface area contributed by atoms with Gasteiger partial charge in [-0.3, -0.25) is 10.2 Å². The molecular weight excluding hydrogens is 238 g/mol. The van der Waals surface area contributed by atoms with E-state index in [2.05, 4.69) is 5.43 Å². The standard InChI is InChI=1S/C11H15N3O2S/c1-16-9-5-3-2-4-8(9)14-6-7-17-11(14)10(15)13-12/h2-5,11H,6-7,12H2,1H3,(H,13,15). The first kappa shape index (κ1) is 12.1. The van der Waals surface area contributed by atoms with Gasteiger partial charge in [-0.2, -0.15) is 0 Å². The van der Waals surface area contributed by atoms with Gasteiger partial charge in [-0.15, -0.1) is 11.8 Å². The highest BCUT2D eigenvalue weighted by atomic mass is 32.2. The van der Waals surface area contributed by atoms with Crippen molar-refractivity contribution < 1.29 is 9.53 Å². The number of ether oxygens (including phenoxy) is 1. The fourth-order valence-electron chi connectivity index (χ4n) is 1.87. The number of para-hydroxylation sites is 2. The van der Waals surface area contributed by atoms with Crippen molar-refractivity contribution in [1.82, 2.24) is 5.43 Å². The van der Waals surface area contributed by atoms with E-state index in [-0.39, 0.29) is 11.3 Å². The fraction of sp³-hybridized carbons (Fsp3) is 0.364. The van der Waals surface area contributed by atoms with Crippen LogP contribution < -0.4 is 20.9 Å². The number of benzene rings is 1. The Balaban J connectivity index is 2.29. The number of rotatable bonds is 3. The van der Waals surface area contributed by atoms with Gasteiger partial charge < -0.3 is 9.64 Å². The van der Waals surface area contributed by atoms with E-state index >= 15 is 0 Å². The summed E-state index contributed by atoms with van der Waals surface area (Å²) in [5.74, 6) is 6.68. The van der Waals surface area contributed by atoms with Crippen LogP contribution in [-0.4, -0.2) is 30.7 Å². The van der Waals surface area contributed by atoms with E-state index in [0.29, 0.717) is 0 Å². The zero-order valence-electron chi connectivity index (χ0n) is 9.55. The van der Waals surface area contributed by atoms with Crippen LogP contribution in [0.1, 0.15) is 0 Å². The number of hydrogen-bond acceptors (Lipinski definition) is 5. The van der Waals surface area contributed by atoms with Gasteiger partial charge in [-0.1, -0.05) is 12.1 Å². The van der Waals surface area contributed by atoms with Crippen molar-refractivity contribution in [1.29, 1.82) is 0 Å². The molecule has 1 saturated heterocycles. The summed E-state index contributed by atoms with van der Waals surface area (Å²) in [4.78, 5) is 13.7. The first-order chi connectivity index (χ1) is 8.27. The van der Waals surface area contributed by atoms with Gasteiger partial charge in [0.05, 0.1) is 12.8 Å². The molecule has 5 nitrogen and oxygen atoms in total. The smallest absolute Gasteiger partial charge is 0.267 e. The lowest BCUT2D eigenvalue weighted by molar-refractivity contribution is -0.120. The molecule has 0 aromatic heterocycles. The SMILES string of the molecule is COc1ccccc1N1CCSC1C(=O)NN. The molecule has 0 spiro atoms. The molecule has 0 saturated carbocycles. The monoisotopic (exact) mass is 253 g/mol. The zero-order valence-corrected chi connectivity index (χ0v) is 10.4. The Bertz CT molecular complexity index is 413. The Kier molecular flexibility index (Phi) is 3.75. The average molecular weight is 253 g/mol. The molecule has 1 aromatic carbocycles. The van der Waals surface area contributed by atoms with E-state index in [4.69, 9.17) is 10.6 Å². The number of hydrogen-bond donors (Lipinski definition) is 2. The highest BCUT2D eigenvalue weighted by Gasteiger charge is 2.32. The molecule has 1 aliphatic rings. The zero-order chi connectivity index (χ0) is 12.3. The first-order valence-electron chi connectivity index (χ1n) is 5.29. The number of methoxy groups -OCH3 is 1. The Morgan fingerprint density at radius 3 is 3.06 bits per heavy atom. The van der Waals surface area contributed by atoms with Gasteiger partial charge >= 0.3 is 0 Å². The third-order valence-electron chi connectivity index (χ3n) is 2.65. The lowest BCUT2D eigenvalue weighted by Gasteiger charge is -2.25. The van der Waals surface area contributed by atoms with E-state index < -0.39 is 0 Å². The quantitative estimate of drug-likeness (QED) is 0.468. The molecule has 1 atom stereocenters. The van der Waals surface area contributed by atoms with Gasteiger partial charge in [-0.05, 0) is 12.1 Å². The van der Waals surface area contributed by atoms with E-state index in [0.717, 1.165) is 23.7 Å². The van der Waals surface area contributed by atoms with Crippen LogP contribution in [0.3, 0.4) is 0 Å². The third kappa shape index (κ3) is 2.32. The number of anilines is 1. The van der Waals surface area contributed by atoms with Gasteiger partial charge in [0, 0.05) is 12.3 Å². The molecule has 1 amide bonds. The molecule has 3 N–H and O–H groups in total. The van der Waals surface area contributed by atoms with Crippen molar-refractivity contribution in [2.75, 3.05) is 24.3 Å². The van der Waals surface area contributed by atoms with Crippen LogP contribution in [-0.2, 0) is 4.79 Å². The molecule has 1 aromatic rings. The molecular formula is C11H15N3O2S. The maximum Gasteiger partial charge on any atom is 0.267 e. The van der Waals surface area contributed by atoms with Crippen LogP contribution in [0.5, 0.6) is 5.75 Å². The van der Waals surface area contributed by atoms with Crippen LogP contribution in [0.4, 0.5) is 5.69 Å². The van der Waals surface area contributed by atoms with Crippen LogP contribution in [0, 0.1) is 0 Å². The number of carbonyl (C=O) groups is 1. The molecule has 17 heavy (non-hydrogen) atoms. The summed E-state index contributed by atoms with van der Waals surface area (Å²) in [6.07, 6.45) is 0. The summed E-state index contributed by atoms with van der Waals surface area (Å²) in [6, 6.07) is 7.67. The molecule has 0 aliphatic carbocycles. The van der Waals surface area contributed by atoms with E-state index in [1.807, 2.05) is 29.2 Å². The van der Waals surface area contributed by atoms with Gasteiger partial charge in [0.2, 0.25) is 0 Å². The lowest BCUT2D eigenvalue weighted by atomic mass is 10.2. The highest BCUT2D eigenvalue weighted by Crippen LogP contribution is 2.35. The predicted molar refractivity (Wildman–Crippen MR) is 68.9 cm³/mol. The third-order valence-corrected chi connectivity index (χ3v) is 3.85. The second kappa shape index (κ2) is 5.29. The topological polar surface area (TPSA) is 67.6 Å². The van der Waals surface area contributed by atoms with Crippen molar-refractivity contribution in [3.05, 3.63) is 24.3 Å². The maximum atomic E-state index is 11.7. The fourth-order valence-corrected chi connectivity index (χ4v) is 3.02. The summed E-state index contributed by atoms with van der Waals surface area (Å²) in [7, 11) is 1.63. The number of nitrogens with two attached hydrogens (primary N) is 1. The average Bonchev–Trinajstić information content (AvgIpc) is 2.86. The van der Waals surface area contributed by atoms with Crippen molar-refractivity contribution in [3.8, 4) is 5.75 Å². The van der Waals surface area contributed by atoms with Gasteiger partial charge in [0.15, 0.2) is 5.37 Å². The summed E-state index contributed by atoms with van der Waals surface area (Å²) in [6.45, 7) is 0.809. The largest absolute Gasteiger partial charge is 0.495 e. The number of thioether (sulfide) groups is 1. The molecule has 6 heteroatoms. The van der Waals surface area contributed by atoms with Gasteiger partial charge in [-0.25, -0.2) is 5.84 Å². The van der Waals surface area contributed by atoms with E-state index in [9.17, 15) is 4.79 Å². The molecule has 0 bridgehead atoms. The Morgan fingerprint density at radius 2 is 2.35 bits per heavy atom. The number of carbonyl (C=O) groups excluding carboxylic acids is 1. The predicted octanol–water partition coefficient (Wildman–Crippen LogP) is 0.564. The Labute approximate surface area is 104 Å². The van der Waals surface area contributed by atoms with Crippen molar-refractivity contribution in [3.63, 3.8) is 0 Å². The minimum Gasteiger partial charge on any atom is -0.495 e. The molecule has 1 unspecified atom stereocenters. The first-order valence-corrected chi connectivity index (χ1v) is 6.34. The molecule has 1 fully saturated rings. The lowest BCUT2D eigenvalue weighted by Crippen LogP contribution is -2.44. The summed E-state index contributed by atoms with van der Waals surface area (Å²) in [5, 5.41) is -0.281. The van der Waals surface area contributed by atoms with Gasteiger partial charge in [0.1, 0.15) is 5.75 Å². The van der Waals surface area contributed by atoms with Gasteiger partial charge in [0.25, 0.3) is 5.91 Å². The number of nitrogens with zero attached hydrogens (tertiary/aromatic N) is 1. The van der Waals surface area contributed by atoms with Crippen LogP contribution in [0.2, 0.25) is 0 Å². The van der Waals surface area contributed by atoms with Crippen molar-refractivity contribution in [2.24, 2.45) is 5.84 Å². The Hall–Kier alpha value is -1.40. The molecule has 92 valence electrons. The highest BCUT2D eigenvalue weighted by molar-refractivity contribution is 8.01. The second-order valence-electron chi connectivity index (χ2n) is 3.60. The summed E-state index contributed by atoms with van der Waals surface area (Å²) >= 11 is 1.58. The Morgan fingerprint density at radius 1 is 1.59 bits per heavy atom. The minimum atomic E-state index is -0.281.